The summed E-state index contributed by atoms with van der Waals surface area (Å²) in [5.41, 5.74) is 0.0272. The molecule has 2 heterocycles. The van der Waals surface area contributed by atoms with Gasteiger partial charge in [-0.2, -0.15) is 0 Å². The maximum atomic E-state index is 14.3. The van der Waals surface area contributed by atoms with Gasteiger partial charge in [0.25, 0.3) is 0 Å². The minimum absolute atomic E-state index is 0.0272. The van der Waals surface area contributed by atoms with Crippen LogP contribution in [0.25, 0.3) is 0 Å². The van der Waals surface area contributed by atoms with E-state index in [1.165, 1.54) is 11.3 Å². The number of piperazine rings is 1. The summed E-state index contributed by atoms with van der Waals surface area (Å²) in [6.07, 6.45) is 0. The average Bonchev–Trinajstić information content (AvgIpc) is 3.02. The summed E-state index contributed by atoms with van der Waals surface area (Å²) in [7, 11) is 0. The molecular formula is C15H16F2N2OS. The molecule has 2 N–H and O–H groups in total. The number of phenolic OH excluding ortho intramolecular Hbond substituents is 1. The Hall–Kier alpha value is -1.50. The van der Waals surface area contributed by atoms with Crippen LogP contribution >= 0.6 is 11.3 Å². The van der Waals surface area contributed by atoms with Crippen LogP contribution in [0.4, 0.5) is 8.78 Å². The Bertz CT molecular complexity index is 612. The third kappa shape index (κ3) is 2.79. The molecule has 1 atom stereocenters. The number of aromatic hydroxyl groups is 1. The fourth-order valence-corrected chi connectivity index (χ4v) is 3.58. The van der Waals surface area contributed by atoms with Crippen molar-refractivity contribution in [3.05, 3.63) is 51.7 Å². The molecule has 0 unspecified atom stereocenters. The van der Waals surface area contributed by atoms with Crippen LogP contribution < -0.4 is 5.32 Å². The molecule has 6 heteroatoms. The van der Waals surface area contributed by atoms with Gasteiger partial charge in [-0.25, -0.2) is 8.78 Å². The molecule has 1 aliphatic heterocycles. The first-order valence-corrected chi connectivity index (χ1v) is 7.71. The van der Waals surface area contributed by atoms with Crippen molar-refractivity contribution in [2.24, 2.45) is 0 Å². The molecule has 1 aromatic carbocycles. The van der Waals surface area contributed by atoms with Crippen LogP contribution in [-0.4, -0.2) is 36.2 Å². The molecule has 3 rings (SSSR count). The van der Waals surface area contributed by atoms with Gasteiger partial charge in [0.05, 0.1) is 11.6 Å². The number of rotatable bonds is 3. The Balaban J connectivity index is 2.09. The lowest BCUT2D eigenvalue weighted by Crippen LogP contribution is -2.45. The molecule has 0 amide bonds. The summed E-state index contributed by atoms with van der Waals surface area (Å²) in [5, 5.41) is 15.2. The number of nitrogens with zero attached hydrogens (tertiary/aromatic N) is 1. The van der Waals surface area contributed by atoms with Crippen molar-refractivity contribution in [3.8, 4) is 5.75 Å². The van der Waals surface area contributed by atoms with Crippen LogP contribution in [0.1, 0.15) is 16.5 Å². The largest absolute Gasteiger partial charge is 0.505 e. The molecule has 0 aliphatic carbocycles. The van der Waals surface area contributed by atoms with Crippen molar-refractivity contribution in [2.45, 2.75) is 6.04 Å². The van der Waals surface area contributed by atoms with Crippen molar-refractivity contribution in [1.82, 2.24) is 10.2 Å². The van der Waals surface area contributed by atoms with Crippen LogP contribution in [0.3, 0.4) is 0 Å². The van der Waals surface area contributed by atoms with E-state index >= 15 is 0 Å². The van der Waals surface area contributed by atoms with Crippen molar-refractivity contribution in [1.29, 1.82) is 0 Å². The predicted octanol–water partition coefficient (Wildman–Crippen LogP) is 2.73. The summed E-state index contributed by atoms with van der Waals surface area (Å²) in [4.78, 5) is 2.97. The van der Waals surface area contributed by atoms with Gasteiger partial charge in [-0.3, -0.25) is 4.90 Å². The first kappa shape index (κ1) is 14.4. The molecule has 0 radical (unpaired) electrons. The molecule has 0 spiro atoms. The first-order chi connectivity index (χ1) is 10.2. The Kier molecular flexibility index (Phi) is 4.19. The zero-order chi connectivity index (χ0) is 14.8. The summed E-state index contributed by atoms with van der Waals surface area (Å²) < 4.78 is 27.9. The van der Waals surface area contributed by atoms with E-state index in [1.807, 2.05) is 17.5 Å². The summed E-state index contributed by atoms with van der Waals surface area (Å²) in [5.74, 6) is -1.96. The molecule has 0 saturated carbocycles. The smallest absolute Gasteiger partial charge is 0.165 e. The minimum atomic E-state index is -0.789. The van der Waals surface area contributed by atoms with Crippen LogP contribution in [0.5, 0.6) is 5.75 Å². The van der Waals surface area contributed by atoms with Crippen LogP contribution in [-0.2, 0) is 0 Å². The van der Waals surface area contributed by atoms with E-state index in [1.54, 1.807) is 0 Å². The molecule has 0 bridgehead atoms. The van der Waals surface area contributed by atoms with Gasteiger partial charge in [0.15, 0.2) is 11.6 Å². The van der Waals surface area contributed by atoms with Gasteiger partial charge in [0.1, 0.15) is 5.82 Å². The Morgan fingerprint density at radius 3 is 2.52 bits per heavy atom. The minimum Gasteiger partial charge on any atom is -0.505 e. The highest BCUT2D eigenvalue weighted by Crippen LogP contribution is 2.39. The molecule has 2 aromatic rings. The van der Waals surface area contributed by atoms with E-state index in [-0.39, 0.29) is 5.56 Å². The quantitative estimate of drug-likeness (QED) is 0.915. The van der Waals surface area contributed by atoms with Crippen molar-refractivity contribution < 1.29 is 13.9 Å². The van der Waals surface area contributed by atoms with Gasteiger partial charge in [-0.15, -0.1) is 11.3 Å². The number of nitrogens with one attached hydrogen (secondary N) is 1. The highest BCUT2D eigenvalue weighted by atomic mass is 32.1. The highest BCUT2D eigenvalue weighted by molar-refractivity contribution is 7.10. The fraction of sp³-hybridized carbons (Fsp3) is 0.333. The zero-order valence-corrected chi connectivity index (χ0v) is 12.2. The number of thiophene rings is 1. The second-order valence-electron chi connectivity index (χ2n) is 5.00. The number of benzene rings is 1. The van der Waals surface area contributed by atoms with Crippen LogP contribution in [0, 0.1) is 11.6 Å². The van der Waals surface area contributed by atoms with E-state index in [4.69, 9.17) is 0 Å². The molecule has 1 aromatic heterocycles. The van der Waals surface area contributed by atoms with Gasteiger partial charge in [0, 0.05) is 31.1 Å². The molecular weight excluding hydrogens is 294 g/mol. The van der Waals surface area contributed by atoms with Gasteiger partial charge >= 0.3 is 0 Å². The lowest BCUT2D eigenvalue weighted by molar-refractivity contribution is 0.194. The van der Waals surface area contributed by atoms with Crippen LogP contribution in [0.2, 0.25) is 0 Å². The standard InChI is InChI=1S/C15H16F2N2OS/c16-10-3-4-11(17)15(20)13(10)14(12-2-1-9-21-12)19-7-5-18-6-8-19/h1-4,9,14,18,20H,5-8H2/t14-/m1/s1. The van der Waals surface area contributed by atoms with Crippen LogP contribution in [0.15, 0.2) is 29.6 Å². The second kappa shape index (κ2) is 6.09. The van der Waals surface area contributed by atoms with Gasteiger partial charge in [-0.1, -0.05) is 6.07 Å². The van der Waals surface area contributed by atoms with Gasteiger partial charge < -0.3 is 10.4 Å². The topological polar surface area (TPSA) is 35.5 Å². The number of hydrogen-bond acceptors (Lipinski definition) is 4. The van der Waals surface area contributed by atoms with Crippen molar-refractivity contribution in [3.63, 3.8) is 0 Å². The first-order valence-electron chi connectivity index (χ1n) is 6.83. The van der Waals surface area contributed by atoms with Gasteiger partial charge in [0.2, 0.25) is 0 Å². The lowest BCUT2D eigenvalue weighted by atomic mass is 10.0. The second-order valence-corrected chi connectivity index (χ2v) is 5.97. The monoisotopic (exact) mass is 310 g/mol. The van der Waals surface area contributed by atoms with E-state index in [0.717, 1.165) is 43.2 Å². The summed E-state index contributed by atoms with van der Waals surface area (Å²) >= 11 is 1.48. The summed E-state index contributed by atoms with van der Waals surface area (Å²) in [6, 6.07) is 5.35. The molecule has 1 fully saturated rings. The lowest BCUT2D eigenvalue weighted by Gasteiger charge is -2.35. The maximum Gasteiger partial charge on any atom is 0.165 e. The number of halogens is 2. The number of phenols is 1. The normalized spacial score (nSPS) is 17.8. The van der Waals surface area contributed by atoms with Crippen molar-refractivity contribution >= 4 is 11.3 Å². The van der Waals surface area contributed by atoms with E-state index < -0.39 is 23.4 Å². The predicted molar refractivity (Wildman–Crippen MR) is 78.6 cm³/mol. The third-order valence-corrected chi connectivity index (χ3v) is 4.64. The Morgan fingerprint density at radius 2 is 1.86 bits per heavy atom. The van der Waals surface area contributed by atoms with Gasteiger partial charge in [-0.05, 0) is 23.6 Å². The van der Waals surface area contributed by atoms with Crippen molar-refractivity contribution in [2.75, 3.05) is 26.2 Å². The highest BCUT2D eigenvalue weighted by Gasteiger charge is 2.30. The third-order valence-electron chi connectivity index (χ3n) is 3.72. The maximum absolute atomic E-state index is 14.3. The Labute approximate surface area is 125 Å². The molecule has 1 aliphatic rings. The average molecular weight is 310 g/mol. The molecule has 3 nitrogen and oxygen atoms in total. The van der Waals surface area contributed by atoms with E-state index in [9.17, 15) is 13.9 Å². The molecule has 21 heavy (non-hydrogen) atoms. The zero-order valence-electron chi connectivity index (χ0n) is 11.4. The number of hydrogen-bond donors (Lipinski definition) is 2. The molecule has 112 valence electrons. The molecule has 1 saturated heterocycles. The van der Waals surface area contributed by atoms with E-state index in [2.05, 4.69) is 10.2 Å². The van der Waals surface area contributed by atoms with E-state index in [0.29, 0.717) is 0 Å². The fourth-order valence-electron chi connectivity index (χ4n) is 2.71. The summed E-state index contributed by atoms with van der Waals surface area (Å²) in [6.45, 7) is 3.02. The SMILES string of the molecule is Oc1c(F)ccc(F)c1[C@@H](c1cccs1)N1CCNCC1. The Morgan fingerprint density at radius 1 is 1.14 bits per heavy atom.